The van der Waals surface area contributed by atoms with Crippen LogP contribution in [0.2, 0.25) is 0 Å². The first kappa shape index (κ1) is 20.6. The Labute approximate surface area is 155 Å². The van der Waals surface area contributed by atoms with Gasteiger partial charge in [-0.25, -0.2) is 13.1 Å². The molecule has 7 heteroatoms. The van der Waals surface area contributed by atoms with E-state index in [1.807, 2.05) is 43.3 Å². The third kappa shape index (κ3) is 6.22. The van der Waals surface area contributed by atoms with E-state index in [0.717, 1.165) is 11.1 Å². The van der Waals surface area contributed by atoms with Crippen LogP contribution in [0.5, 0.6) is 0 Å². The van der Waals surface area contributed by atoms with Gasteiger partial charge in [0, 0.05) is 6.16 Å². The first-order chi connectivity index (χ1) is 12.3. The summed E-state index contributed by atoms with van der Waals surface area (Å²) in [6, 6.07) is 16.1. The summed E-state index contributed by atoms with van der Waals surface area (Å²) >= 11 is 0. The largest absolute Gasteiger partial charge is 0.328 e. The Morgan fingerprint density at radius 3 is 2.35 bits per heavy atom. The van der Waals surface area contributed by atoms with E-state index in [9.17, 15) is 13.0 Å². The van der Waals surface area contributed by atoms with E-state index in [4.69, 9.17) is 4.52 Å². The molecule has 2 rings (SSSR count). The molecular formula is C19H24NO4PS. The normalized spacial score (nSPS) is 14.4. The number of nitrogens with one attached hydrogen (secondary N) is 1. The Hall–Kier alpha value is -1.72. The summed E-state index contributed by atoms with van der Waals surface area (Å²) in [5.74, 6) is 0. The van der Waals surface area contributed by atoms with Crippen LogP contribution >= 0.6 is 7.37 Å². The Bertz CT molecular complexity index is 878. The molecule has 0 aliphatic rings. The fraction of sp³-hybridized carbons (Fsp3) is 0.263. The van der Waals surface area contributed by atoms with E-state index >= 15 is 0 Å². The van der Waals surface area contributed by atoms with Crippen molar-refractivity contribution in [1.82, 2.24) is 4.72 Å². The molecule has 0 spiro atoms. The molecule has 140 valence electrons. The quantitative estimate of drug-likeness (QED) is 0.646. The molecule has 0 aromatic heterocycles. The van der Waals surface area contributed by atoms with Gasteiger partial charge in [0.15, 0.2) is 0 Å². The molecule has 1 atom stereocenters. The molecule has 0 bridgehead atoms. The number of benzene rings is 2. The van der Waals surface area contributed by atoms with Crippen molar-refractivity contribution in [3.05, 3.63) is 71.8 Å². The van der Waals surface area contributed by atoms with Crippen LogP contribution in [0.4, 0.5) is 0 Å². The zero-order valence-corrected chi connectivity index (χ0v) is 16.7. The predicted octanol–water partition coefficient (Wildman–Crippen LogP) is 4.26. The fourth-order valence-electron chi connectivity index (χ4n) is 2.30. The van der Waals surface area contributed by atoms with E-state index in [2.05, 4.69) is 4.72 Å². The number of allylic oxidation sites excluding steroid dienone is 1. The van der Waals surface area contributed by atoms with E-state index < -0.39 is 17.4 Å². The van der Waals surface area contributed by atoms with Gasteiger partial charge in [-0.1, -0.05) is 60.2 Å². The van der Waals surface area contributed by atoms with Gasteiger partial charge in [0.25, 0.3) is 0 Å². The van der Waals surface area contributed by atoms with Crippen molar-refractivity contribution in [1.29, 1.82) is 0 Å². The van der Waals surface area contributed by atoms with E-state index in [1.54, 1.807) is 25.1 Å². The average Bonchev–Trinajstić information content (AvgIpc) is 2.62. The van der Waals surface area contributed by atoms with Gasteiger partial charge in [-0.05, 0) is 31.5 Å². The second-order valence-electron chi connectivity index (χ2n) is 5.85. The standard InChI is InChI=1S/C19H24NO4PS/c1-3-24-25(21,15-7-10-18-8-5-4-6-9-18)16-20-26(22,23)19-13-11-17(2)12-14-19/h4-14,20H,3,15-16H2,1-2H3/b10-7+. The number of hydrogen-bond donors (Lipinski definition) is 1. The van der Waals surface area contributed by atoms with Gasteiger partial charge >= 0.3 is 0 Å². The minimum absolute atomic E-state index is 0.144. The van der Waals surface area contributed by atoms with Crippen LogP contribution in [0.1, 0.15) is 18.1 Å². The van der Waals surface area contributed by atoms with Crippen molar-refractivity contribution in [3.8, 4) is 0 Å². The molecule has 0 saturated carbocycles. The van der Waals surface area contributed by atoms with Crippen LogP contribution in [0.15, 0.2) is 65.6 Å². The summed E-state index contributed by atoms with van der Waals surface area (Å²) < 4.78 is 45.5. The third-order valence-corrected chi connectivity index (χ3v) is 7.45. The fourth-order valence-corrected chi connectivity index (χ4v) is 5.65. The van der Waals surface area contributed by atoms with Crippen molar-refractivity contribution in [2.75, 3.05) is 19.1 Å². The lowest BCUT2D eigenvalue weighted by atomic mass is 10.2. The van der Waals surface area contributed by atoms with Crippen LogP contribution in [0.3, 0.4) is 0 Å². The molecule has 0 aliphatic heterocycles. The molecule has 0 heterocycles. The van der Waals surface area contributed by atoms with Crippen molar-refractivity contribution >= 4 is 23.5 Å². The smallest absolute Gasteiger partial charge is 0.241 e. The van der Waals surface area contributed by atoms with Crippen LogP contribution in [-0.2, 0) is 19.1 Å². The second kappa shape index (κ2) is 9.28. The number of aryl methyl sites for hydroxylation is 1. The van der Waals surface area contributed by atoms with Gasteiger partial charge in [-0.15, -0.1) is 0 Å². The molecule has 0 aliphatic carbocycles. The minimum atomic E-state index is -3.73. The van der Waals surface area contributed by atoms with Gasteiger partial charge in [-0.3, -0.25) is 4.57 Å². The molecule has 0 fully saturated rings. The second-order valence-corrected chi connectivity index (χ2v) is 10.2. The molecule has 0 radical (unpaired) electrons. The maximum Gasteiger partial charge on any atom is 0.241 e. The first-order valence-electron chi connectivity index (χ1n) is 8.35. The average molecular weight is 393 g/mol. The lowest BCUT2D eigenvalue weighted by Crippen LogP contribution is -2.26. The molecule has 1 N–H and O–H groups in total. The van der Waals surface area contributed by atoms with Crippen LogP contribution < -0.4 is 4.72 Å². The molecule has 26 heavy (non-hydrogen) atoms. The van der Waals surface area contributed by atoms with Crippen molar-refractivity contribution < 1.29 is 17.5 Å². The molecule has 2 aromatic carbocycles. The molecule has 5 nitrogen and oxygen atoms in total. The van der Waals surface area contributed by atoms with Crippen molar-refractivity contribution in [2.24, 2.45) is 0 Å². The summed E-state index contributed by atoms with van der Waals surface area (Å²) in [6.45, 7) is 3.87. The van der Waals surface area contributed by atoms with Crippen LogP contribution in [0.25, 0.3) is 6.08 Å². The van der Waals surface area contributed by atoms with Gasteiger partial charge in [0.05, 0.1) is 17.8 Å². The van der Waals surface area contributed by atoms with E-state index in [0.29, 0.717) is 0 Å². The molecule has 1 unspecified atom stereocenters. The topological polar surface area (TPSA) is 72.5 Å². The highest BCUT2D eigenvalue weighted by Crippen LogP contribution is 2.46. The molecule has 0 amide bonds. The Kier molecular flexibility index (Phi) is 7.35. The zero-order chi connectivity index (χ0) is 19.0. The molecule has 0 saturated heterocycles. The summed E-state index contributed by atoms with van der Waals surface area (Å²) in [4.78, 5) is 0.144. The Balaban J connectivity index is 2.05. The first-order valence-corrected chi connectivity index (χ1v) is 11.8. The third-order valence-electron chi connectivity index (χ3n) is 3.68. The highest BCUT2D eigenvalue weighted by Gasteiger charge is 2.25. The molecule has 2 aromatic rings. The number of hydrogen-bond acceptors (Lipinski definition) is 4. The number of rotatable bonds is 9. The van der Waals surface area contributed by atoms with Crippen LogP contribution in [-0.4, -0.2) is 27.5 Å². The lowest BCUT2D eigenvalue weighted by molar-refractivity contribution is 0.334. The van der Waals surface area contributed by atoms with E-state index in [-0.39, 0.29) is 24.0 Å². The van der Waals surface area contributed by atoms with Crippen molar-refractivity contribution in [2.45, 2.75) is 18.7 Å². The summed E-state index contributed by atoms with van der Waals surface area (Å²) in [6.07, 6.45) is 3.52. The van der Waals surface area contributed by atoms with Crippen molar-refractivity contribution in [3.63, 3.8) is 0 Å². The van der Waals surface area contributed by atoms with Crippen LogP contribution in [0, 0.1) is 6.92 Å². The van der Waals surface area contributed by atoms with Gasteiger partial charge in [-0.2, -0.15) is 0 Å². The Morgan fingerprint density at radius 1 is 1.08 bits per heavy atom. The monoisotopic (exact) mass is 393 g/mol. The predicted molar refractivity (Wildman–Crippen MR) is 106 cm³/mol. The maximum absolute atomic E-state index is 12.9. The van der Waals surface area contributed by atoms with E-state index in [1.165, 1.54) is 12.1 Å². The summed E-state index contributed by atoms with van der Waals surface area (Å²) in [5.41, 5.74) is 1.95. The lowest BCUT2D eigenvalue weighted by Gasteiger charge is -2.17. The summed E-state index contributed by atoms with van der Waals surface area (Å²) in [5, 5.41) is 0. The van der Waals surface area contributed by atoms with Gasteiger partial charge in [0.1, 0.15) is 0 Å². The SMILES string of the molecule is CCOP(=O)(C/C=C/c1ccccc1)CNS(=O)(=O)c1ccc(C)cc1. The number of sulfonamides is 1. The van der Waals surface area contributed by atoms with Gasteiger partial charge in [0.2, 0.25) is 17.4 Å². The Morgan fingerprint density at radius 2 is 1.73 bits per heavy atom. The molecular weight excluding hydrogens is 369 g/mol. The minimum Gasteiger partial charge on any atom is -0.328 e. The highest BCUT2D eigenvalue weighted by atomic mass is 32.2. The summed E-state index contributed by atoms with van der Waals surface area (Å²) in [7, 11) is -6.89. The maximum atomic E-state index is 12.9. The van der Waals surface area contributed by atoms with Gasteiger partial charge < -0.3 is 4.52 Å². The highest BCUT2D eigenvalue weighted by molar-refractivity contribution is 7.89. The zero-order valence-electron chi connectivity index (χ0n) is 15.0.